The summed E-state index contributed by atoms with van der Waals surface area (Å²) in [5, 5.41) is 2.97. The van der Waals surface area contributed by atoms with Gasteiger partial charge in [0.05, 0.1) is 0 Å². The van der Waals surface area contributed by atoms with Crippen LogP contribution in [0, 0.1) is 6.92 Å². The van der Waals surface area contributed by atoms with Crippen molar-refractivity contribution >= 4 is 5.91 Å². The number of carbonyl (C=O) groups is 1. The predicted molar refractivity (Wildman–Crippen MR) is 92.6 cm³/mol. The fourth-order valence-corrected chi connectivity index (χ4v) is 3.27. The Balaban J connectivity index is 1.64. The second-order valence-electron chi connectivity index (χ2n) is 6.53. The smallest absolute Gasteiger partial charge is 0.250 e. The van der Waals surface area contributed by atoms with E-state index >= 15 is 0 Å². The maximum atomic E-state index is 11.9. The Labute approximate surface area is 138 Å². The summed E-state index contributed by atoms with van der Waals surface area (Å²) in [6.45, 7) is 4.36. The Bertz CT molecular complexity index is 568. The standard InChI is InChI=1S/C18H29N3O2/c1-15-7-5-9-18(23)21(15)14-6-12-19-17(22)11-10-16-8-3-4-13-20(16)2/h5,7,9,16H,3-4,6,8,10-14H2,1-2H3,(H,19,22)/t16-/m0/s1. The van der Waals surface area contributed by atoms with Crippen LogP contribution in [0.1, 0.15) is 44.2 Å². The van der Waals surface area contributed by atoms with E-state index in [1.165, 1.54) is 19.3 Å². The third-order valence-corrected chi connectivity index (χ3v) is 4.77. The minimum Gasteiger partial charge on any atom is -0.356 e. The Morgan fingerprint density at radius 2 is 2.17 bits per heavy atom. The normalized spacial score (nSPS) is 18.8. The SMILES string of the molecule is Cc1cccc(=O)n1CCCNC(=O)CC[C@@H]1CCCCN1C. The molecule has 0 saturated carbocycles. The first kappa shape index (κ1) is 17.7. The van der Waals surface area contributed by atoms with E-state index < -0.39 is 0 Å². The molecule has 1 amide bonds. The molecule has 23 heavy (non-hydrogen) atoms. The molecular weight excluding hydrogens is 290 g/mol. The minimum absolute atomic E-state index is 0.0247. The number of pyridine rings is 1. The lowest BCUT2D eigenvalue weighted by atomic mass is 9.98. The molecule has 0 aliphatic carbocycles. The summed E-state index contributed by atoms with van der Waals surface area (Å²) >= 11 is 0. The van der Waals surface area contributed by atoms with Crippen LogP contribution in [0.15, 0.2) is 23.0 Å². The maximum Gasteiger partial charge on any atom is 0.250 e. The van der Waals surface area contributed by atoms with Crippen molar-refractivity contribution < 1.29 is 4.79 Å². The van der Waals surface area contributed by atoms with Gasteiger partial charge in [-0.25, -0.2) is 0 Å². The van der Waals surface area contributed by atoms with Crippen LogP contribution in [0.2, 0.25) is 0 Å². The molecule has 2 rings (SSSR count). The zero-order chi connectivity index (χ0) is 16.7. The van der Waals surface area contributed by atoms with Gasteiger partial charge in [-0.2, -0.15) is 0 Å². The van der Waals surface area contributed by atoms with Crippen LogP contribution in [0.4, 0.5) is 0 Å². The summed E-state index contributed by atoms with van der Waals surface area (Å²) in [5.41, 5.74) is 0.987. The molecule has 0 spiro atoms. The van der Waals surface area contributed by atoms with E-state index in [0.717, 1.165) is 25.1 Å². The predicted octanol–water partition coefficient (Wildman–Crippen LogP) is 1.93. The lowest BCUT2D eigenvalue weighted by molar-refractivity contribution is -0.121. The van der Waals surface area contributed by atoms with Crippen LogP contribution in [-0.4, -0.2) is 41.6 Å². The van der Waals surface area contributed by atoms with Gasteiger partial charge in [-0.1, -0.05) is 12.5 Å². The molecule has 2 heterocycles. The number of aryl methyl sites for hydroxylation is 1. The number of nitrogens with one attached hydrogen (secondary N) is 1. The van der Waals surface area contributed by atoms with E-state index in [1.54, 1.807) is 16.7 Å². The van der Waals surface area contributed by atoms with Crippen LogP contribution in [0.3, 0.4) is 0 Å². The topological polar surface area (TPSA) is 54.3 Å². The molecule has 128 valence electrons. The minimum atomic E-state index is 0.0247. The van der Waals surface area contributed by atoms with Gasteiger partial charge in [0.25, 0.3) is 5.56 Å². The number of amides is 1. The largest absolute Gasteiger partial charge is 0.356 e. The summed E-state index contributed by atoms with van der Waals surface area (Å²) in [6.07, 6.45) is 6.08. The van der Waals surface area contributed by atoms with Crippen molar-refractivity contribution in [2.24, 2.45) is 0 Å². The number of aromatic nitrogens is 1. The van der Waals surface area contributed by atoms with Crippen molar-refractivity contribution in [1.82, 2.24) is 14.8 Å². The lowest BCUT2D eigenvalue weighted by Gasteiger charge is -2.32. The van der Waals surface area contributed by atoms with Crippen molar-refractivity contribution in [2.45, 2.75) is 58.0 Å². The van der Waals surface area contributed by atoms with E-state index in [4.69, 9.17) is 0 Å². The fourth-order valence-electron chi connectivity index (χ4n) is 3.27. The van der Waals surface area contributed by atoms with Crippen molar-refractivity contribution in [2.75, 3.05) is 20.1 Å². The molecular formula is C18H29N3O2. The molecule has 0 radical (unpaired) electrons. The number of rotatable bonds is 7. The van der Waals surface area contributed by atoms with Gasteiger partial charge in [-0.3, -0.25) is 9.59 Å². The first-order chi connectivity index (χ1) is 11.1. The van der Waals surface area contributed by atoms with Crippen molar-refractivity contribution in [3.63, 3.8) is 0 Å². The van der Waals surface area contributed by atoms with Crippen LogP contribution in [0.5, 0.6) is 0 Å². The highest BCUT2D eigenvalue weighted by molar-refractivity contribution is 5.75. The summed E-state index contributed by atoms with van der Waals surface area (Å²) in [6, 6.07) is 5.84. The molecule has 1 N–H and O–H groups in total. The van der Waals surface area contributed by atoms with Crippen molar-refractivity contribution in [1.29, 1.82) is 0 Å². The molecule has 0 bridgehead atoms. The number of hydrogen-bond donors (Lipinski definition) is 1. The van der Waals surface area contributed by atoms with Gasteiger partial charge in [0.2, 0.25) is 5.91 Å². The monoisotopic (exact) mass is 319 g/mol. The lowest BCUT2D eigenvalue weighted by Crippen LogP contribution is -2.37. The van der Waals surface area contributed by atoms with Gasteiger partial charge in [-0.15, -0.1) is 0 Å². The second kappa shape index (κ2) is 8.87. The fraction of sp³-hybridized carbons (Fsp3) is 0.667. The van der Waals surface area contributed by atoms with E-state index in [1.807, 2.05) is 13.0 Å². The van der Waals surface area contributed by atoms with Crippen LogP contribution >= 0.6 is 0 Å². The summed E-state index contributed by atoms with van der Waals surface area (Å²) in [5.74, 6) is 0.126. The van der Waals surface area contributed by atoms with E-state index in [-0.39, 0.29) is 11.5 Å². The zero-order valence-electron chi connectivity index (χ0n) is 14.4. The molecule has 1 aliphatic heterocycles. The third kappa shape index (κ3) is 5.50. The number of nitrogens with zero attached hydrogens (tertiary/aromatic N) is 2. The molecule has 1 fully saturated rings. The quantitative estimate of drug-likeness (QED) is 0.781. The highest BCUT2D eigenvalue weighted by Crippen LogP contribution is 2.18. The van der Waals surface area contributed by atoms with Crippen LogP contribution in [0.25, 0.3) is 0 Å². The van der Waals surface area contributed by atoms with Gasteiger partial charge >= 0.3 is 0 Å². The molecule has 0 aromatic carbocycles. The van der Waals surface area contributed by atoms with Gasteiger partial charge in [0, 0.05) is 37.3 Å². The molecule has 0 unspecified atom stereocenters. The molecule has 1 aromatic heterocycles. The second-order valence-corrected chi connectivity index (χ2v) is 6.53. The van der Waals surface area contributed by atoms with Crippen molar-refractivity contribution in [3.05, 3.63) is 34.2 Å². The first-order valence-electron chi connectivity index (χ1n) is 8.71. The average Bonchev–Trinajstić information content (AvgIpc) is 2.53. The van der Waals surface area contributed by atoms with Crippen LogP contribution < -0.4 is 10.9 Å². The van der Waals surface area contributed by atoms with Gasteiger partial charge in [0.15, 0.2) is 0 Å². The zero-order valence-corrected chi connectivity index (χ0v) is 14.4. The molecule has 1 aromatic rings. The molecule has 1 atom stereocenters. The number of likely N-dealkylation sites (tertiary alicyclic amines) is 1. The number of piperidine rings is 1. The Hall–Kier alpha value is -1.62. The number of carbonyl (C=O) groups excluding carboxylic acids is 1. The average molecular weight is 319 g/mol. The van der Waals surface area contributed by atoms with Crippen LogP contribution in [-0.2, 0) is 11.3 Å². The molecule has 1 saturated heterocycles. The molecule has 5 heteroatoms. The van der Waals surface area contributed by atoms with Gasteiger partial charge in [0.1, 0.15) is 0 Å². The number of hydrogen-bond acceptors (Lipinski definition) is 3. The third-order valence-electron chi connectivity index (χ3n) is 4.77. The van der Waals surface area contributed by atoms with E-state index in [0.29, 0.717) is 25.6 Å². The Morgan fingerprint density at radius 3 is 2.91 bits per heavy atom. The summed E-state index contributed by atoms with van der Waals surface area (Å²) in [4.78, 5) is 26.1. The summed E-state index contributed by atoms with van der Waals surface area (Å²) in [7, 11) is 2.15. The Morgan fingerprint density at radius 1 is 1.35 bits per heavy atom. The van der Waals surface area contributed by atoms with Gasteiger partial charge < -0.3 is 14.8 Å². The maximum absolute atomic E-state index is 11.9. The molecule has 5 nitrogen and oxygen atoms in total. The highest BCUT2D eigenvalue weighted by atomic mass is 16.1. The molecule has 1 aliphatic rings. The summed E-state index contributed by atoms with van der Waals surface area (Å²) < 4.78 is 1.75. The van der Waals surface area contributed by atoms with Gasteiger partial charge in [-0.05, 0) is 52.3 Å². The van der Waals surface area contributed by atoms with E-state index in [9.17, 15) is 9.59 Å². The van der Waals surface area contributed by atoms with E-state index in [2.05, 4.69) is 17.3 Å². The first-order valence-corrected chi connectivity index (χ1v) is 8.71. The highest BCUT2D eigenvalue weighted by Gasteiger charge is 2.19. The van der Waals surface area contributed by atoms with Crippen molar-refractivity contribution in [3.8, 4) is 0 Å². The Kier molecular flexibility index (Phi) is 6.84.